The summed E-state index contributed by atoms with van der Waals surface area (Å²) in [5.41, 5.74) is 9.47. The fraction of sp³-hybridized carbons (Fsp3) is 0.333. The zero-order chi connectivity index (χ0) is 20.3. The first-order chi connectivity index (χ1) is 14.7. The van der Waals surface area contributed by atoms with Crippen molar-refractivity contribution < 1.29 is 0 Å². The molecule has 4 aromatic heterocycles. The molecule has 0 atom stereocenters. The zero-order valence-electron chi connectivity index (χ0n) is 16.5. The Kier molecular flexibility index (Phi) is 5.29. The van der Waals surface area contributed by atoms with Crippen LogP contribution in [0.4, 0.5) is 11.8 Å². The van der Waals surface area contributed by atoms with E-state index in [1.807, 2.05) is 24.4 Å². The van der Waals surface area contributed by atoms with E-state index in [0.29, 0.717) is 23.7 Å². The predicted molar refractivity (Wildman–Crippen MR) is 120 cm³/mol. The van der Waals surface area contributed by atoms with Gasteiger partial charge in [0, 0.05) is 24.8 Å². The number of rotatable bonds is 6. The van der Waals surface area contributed by atoms with Gasteiger partial charge in [0.05, 0.1) is 11.1 Å². The number of hydrogen-bond acceptors (Lipinski definition) is 8. The summed E-state index contributed by atoms with van der Waals surface area (Å²) in [6, 6.07) is 8.68. The molecular formula is C21H24N8S. The van der Waals surface area contributed by atoms with Crippen molar-refractivity contribution in [2.24, 2.45) is 5.73 Å². The first-order valence-electron chi connectivity index (χ1n) is 10.2. The summed E-state index contributed by atoms with van der Waals surface area (Å²) in [7, 11) is 0. The second-order valence-corrected chi connectivity index (χ2v) is 8.46. The van der Waals surface area contributed by atoms with E-state index in [1.165, 1.54) is 5.56 Å². The topological polar surface area (TPSA) is 117 Å². The number of aromatic nitrogens is 5. The number of H-pyrrole nitrogens is 1. The number of nitrogens with zero attached hydrogens (tertiary/aromatic N) is 4. The smallest absolute Gasteiger partial charge is 0.224 e. The molecule has 0 amide bonds. The van der Waals surface area contributed by atoms with Crippen LogP contribution in [0.2, 0.25) is 0 Å². The highest BCUT2D eigenvalue weighted by atomic mass is 32.1. The van der Waals surface area contributed by atoms with Gasteiger partial charge in [0.25, 0.3) is 0 Å². The monoisotopic (exact) mass is 420 g/mol. The molecule has 9 heteroatoms. The highest BCUT2D eigenvalue weighted by Gasteiger charge is 2.19. The third-order valence-corrected chi connectivity index (χ3v) is 6.20. The molecule has 1 saturated carbocycles. The van der Waals surface area contributed by atoms with Gasteiger partial charge >= 0.3 is 0 Å². The van der Waals surface area contributed by atoms with Crippen LogP contribution in [0, 0.1) is 0 Å². The lowest BCUT2D eigenvalue weighted by Crippen LogP contribution is -2.33. The van der Waals surface area contributed by atoms with Crippen LogP contribution in [-0.4, -0.2) is 37.2 Å². The van der Waals surface area contributed by atoms with Gasteiger partial charge < -0.3 is 16.4 Å². The second-order valence-electron chi connectivity index (χ2n) is 7.68. The summed E-state index contributed by atoms with van der Waals surface area (Å²) in [6.45, 7) is 0.742. The van der Waals surface area contributed by atoms with E-state index in [9.17, 15) is 0 Å². The SMILES string of the molecule is NC1CCC(Nc2ncc3c(-c4cccc(NCc5ccsc5)n4)n[nH]c3n2)CC1. The van der Waals surface area contributed by atoms with Crippen molar-refractivity contribution >= 4 is 34.1 Å². The lowest BCUT2D eigenvalue weighted by atomic mass is 9.92. The van der Waals surface area contributed by atoms with E-state index in [0.717, 1.165) is 54.8 Å². The number of nitrogens with one attached hydrogen (secondary N) is 3. The number of nitrogens with two attached hydrogens (primary N) is 1. The van der Waals surface area contributed by atoms with Gasteiger partial charge in [0.1, 0.15) is 11.5 Å². The molecule has 30 heavy (non-hydrogen) atoms. The van der Waals surface area contributed by atoms with Crippen LogP contribution in [0.15, 0.2) is 41.2 Å². The third-order valence-electron chi connectivity index (χ3n) is 5.47. The lowest BCUT2D eigenvalue weighted by Gasteiger charge is -2.26. The Balaban J connectivity index is 1.33. The quantitative estimate of drug-likeness (QED) is 0.375. The summed E-state index contributed by atoms with van der Waals surface area (Å²) >= 11 is 1.69. The number of thiophene rings is 1. The molecule has 0 bridgehead atoms. The molecule has 0 saturated heterocycles. The maximum atomic E-state index is 5.99. The van der Waals surface area contributed by atoms with Gasteiger partial charge in [-0.3, -0.25) is 5.10 Å². The predicted octanol–water partition coefficient (Wildman–Crippen LogP) is 3.77. The number of fused-ring (bicyclic) bond motifs is 1. The molecule has 0 aliphatic heterocycles. The van der Waals surface area contributed by atoms with Crippen molar-refractivity contribution in [1.29, 1.82) is 0 Å². The highest BCUT2D eigenvalue weighted by molar-refractivity contribution is 7.07. The molecule has 1 aliphatic carbocycles. The summed E-state index contributed by atoms with van der Waals surface area (Å²) < 4.78 is 0. The first-order valence-corrected chi connectivity index (χ1v) is 11.1. The molecule has 1 aliphatic rings. The van der Waals surface area contributed by atoms with Crippen LogP contribution in [0.3, 0.4) is 0 Å². The first kappa shape index (κ1) is 19.0. The normalized spacial score (nSPS) is 19.1. The Morgan fingerprint density at radius 3 is 2.87 bits per heavy atom. The Hall–Kier alpha value is -3.04. The molecule has 5 rings (SSSR count). The molecule has 4 aromatic rings. The number of pyridine rings is 1. The molecular weight excluding hydrogens is 396 g/mol. The molecule has 1 fully saturated rings. The average Bonchev–Trinajstić information content (AvgIpc) is 3.44. The van der Waals surface area contributed by atoms with Crippen LogP contribution in [0.1, 0.15) is 31.2 Å². The van der Waals surface area contributed by atoms with Crippen molar-refractivity contribution in [2.75, 3.05) is 10.6 Å². The molecule has 4 heterocycles. The van der Waals surface area contributed by atoms with E-state index < -0.39 is 0 Å². The van der Waals surface area contributed by atoms with E-state index >= 15 is 0 Å². The standard InChI is InChI=1S/C21H24N8S/c22-14-4-6-15(7-5-14)25-21-24-11-16-19(28-29-20(16)27-21)17-2-1-3-18(26-17)23-10-13-8-9-30-12-13/h1-3,8-9,11-12,14-15H,4-7,10,22H2,(H,23,26)(H2,24,25,27,28,29). The molecule has 0 unspecified atom stereocenters. The van der Waals surface area contributed by atoms with Crippen molar-refractivity contribution in [3.63, 3.8) is 0 Å². The Morgan fingerprint density at radius 2 is 2.03 bits per heavy atom. The van der Waals surface area contributed by atoms with Crippen LogP contribution >= 0.6 is 11.3 Å². The Morgan fingerprint density at radius 1 is 1.13 bits per heavy atom. The third kappa shape index (κ3) is 4.12. The maximum Gasteiger partial charge on any atom is 0.224 e. The summed E-state index contributed by atoms with van der Waals surface area (Å²) in [5, 5.41) is 19.3. The molecule has 0 radical (unpaired) electrons. The van der Waals surface area contributed by atoms with Crippen molar-refractivity contribution in [1.82, 2.24) is 25.1 Å². The summed E-state index contributed by atoms with van der Waals surface area (Å²) in [5.74, 6) is 1.43. The van der Waals surface area contributed by atoms with Crippen LogP contribution in [-0.2, 0) is 6.54 Å². The van der Waals surface area contributed by atoms with E-state index in [2.05, 4.69) is 47.6 Å². The van der Waals surface area contributed by atoms with E-state index in [-0.39, 0.29) is 0 Å². The minimum Gasteiger partial charge on any atom is -0.366 e. The minimum absolute atomic E-state index is 0.324. The van der Waals surface area contributed by atoms with Gasteiger partial charge in [-0.05, 0) is 60.2 Å². The Bertz CT molecular complexity index is 1120. The largest absolute Gasteiger partial charge is 0.366 e. The van der Waals surface area contributed by atoms with Gasteiger partial charge in [-0.25, -0.2) is 9.97 Å². The maximum absolute atomic E-state index is 5.99. The zero-order valence-corrected chi connectivity index (χ0v) is 17.3. The molecule has 0 spiro atoms. The molecule has 0 aromatic carbocycles. The Labute approximate surface area is 178 Å². The van der Waals surface area contributed by atoms with Crippen LogP contribution in [0.5, 0.6) is 0 Å². The van der Waals surface area contributed by atoms with Gasteiger partial charge in [0.2, 0.25) is 5.95 Å². The fourth-order valence-corrected chi connectivity index (χ4v) is 4.44. The van der Waals surface area contributed by atoms with Crippen LogP contribution in [0.25, 0.3) is 22.4 Å². The van der Waals surface area contributed by atoms with Crippen molar-refractivity contribution in [3.8, 4) is 11.4 Å². The van der Waals surface area contributed by atoms with Crippen molar-refractivity contribution in [3.05, 3.63) is 46.8 Å². The fourth-order valence-electron chi connectivity index (χ4n) is 3.77. The minimum atomic E-state index is 0.324. The highest BCUT2D eigenvalue weighted by Crippen LogP contribution is 2.26. The number of hydrogen-bond donors (Lipinski definition) is 4. The average molecular weight is 421 g/mol. The number of aromatic amines is 1. The molecule has 5 N–H and O–H groups in total. The van der Waals surface area contributed by atoms with Gasteiger partial charge in [-0.1, -0.05) is 6.07 Å². The molecule has 154 valence electrons. The van der Waals surface area contributed by atoms with Crippen molar-refractivity contribution in [2.45, 2.75) is 44.3 Å². The molecule has 8 nitrogen and oxygen atoms in total. The number of anilines is 2. The summed E-state index contributed by atoms with van der Waals surface area (Å²) in [4.78, 5) is 13.8. The van der Waals surface area contributed by atoms with Gasteiger partial charge in [-0.2, -0.15) is 21.4 Å². The lowest BCUT2D eigenvalue weighted by molar-refractivity contribution is 0.410. The van der Waals surface area contributed by atoms with Gasteiger partial charge in [0.15, 0.2) is 5.65 Å². The van der Waals surface area contributed by atoms with E-state index in [4.69, 9.17) is 10.7 Å². The second kappa shape index (κ2) is 8.37. The van der Waals surface area contributed by atoms with Gasteiger partial charge in [-0.15, -0.1) is 0 Å². The van der Waals surface area contributed by atoms with E-state index in [1.54, 1.807) is 11.3 Å². The summed E-state index contributed by atoms with van der Waals surface area (Å²) in [6.07, 6.45) is 5.98. The van der Waals surface area contributed by atoms with Crippen LogP contribution < -0.4 is 16.4 Å².